The van der Waals surface area contributed by atoms with Gasteiger partial charge in [0.1, 0.15) is 5.82 Å². The summed E-state index contributed by atoms with van der Waals surface area (Å²) in [6.45, 7) is 0. The number of nitrogens with two attached hydrogens (primary N) is 1. The van der Waals surface area contributed by atoms with Crippen molar-refractivity contribution in [3.05, 3.63) is 52.2 Å². The Labute approximate surface area is 148 Å². The summed E-state index contributed by atoms with van der Waals surface area (Å²) < 4.78 is 5.29. The van der Waals surface area contributed by atoms with Gasteiger partial charge < -0.3 is 15.2 Å². The number of nitrogens with zero attached hydrogens (tertiary/aromatic N) is 3. The normalized spacial score (nSPS) is 16.0. The Morgan fingerprint density at radius 3 is 2.92 bits per heavy atom. The number of para-hydroxylation sites is 1. The second-order valence-corrected chi connectivity index (χ2v) is 7.46. The fourth-order valence-corrected chi connectivity index (χ4v) is 3.66. The first-order valence-electron chi connectivity index (χ1n) is 8.32. The van der Waals surface area contributed by atoms with Crippen molar-refractivity contribution in [3.63, 3.8) is 0 Å². The van der Waals surface area contributed by atoms with Gasteiger partial charge in [-0.05, 0) is 31.4 Å². The van der Waals surface area contributed by atoms with Crippen LogP contribution in [0, 0.1) is 0 Å². The van der Waals surface area contributed by atoms with E-state index in [1.54, 1.807) is 17.8 Å². The number of thioether (sulfide) groups is 1. The lowest BCUT2D eigenvalue weighted by Crippen LogP contribution is -2.44. The Bertz CT molecular complexity index is 947. The number of aromatic nitrogens is 4. The molecule has 0 spiro atoms. The lowest BCUT2D eigenvalue weighted by atomic mass is 9.77. The summed E-state index contributed by atoms with van der Waals surface area (Å²) in [5.74, 6) is 3.34. The van der Waals surface area contributed by atoms with E-state index in [0.717, 1.165) is 30.5 Å². The second-order valence-electron chi connectivity index (χ2n) is 6.35. The molecule has 25 heavy (non-hydrogen) atoms. The van der Waals surface area contributed by atoms with E-state index in [-0.39, 0.29) is 11.1 Å². The minimum absolute atomic E-state index is 0.100. The van der Waals surface area contributed by atoms with Crippen LogP contribution in [-0.2, 0) is 17.7 Å². The third-order valence-corrected chi connectivity index (χ3v) is 5.49. The van der Waals surface area contributed by atoms with Crippen LogP contribution in [0.5, 0.6) is 0 Å². The average Bonchev–Trinajstić information content (AvgIpc) is 3.06. The maximum atomic E-state index is 12.0. The molecule has 0 saturated heterocycles. The number of benzene rings is 1. The van der Waals surface area contributed by atoms with Crippen LogP contribution in [0.4, 0.5) is 0 Å². The van der Waals surface area contributed by atoms with E-state index in [1.165, 1.54) is 0 Å². The number of H-pyrrole nitrogens is 1. The smallest absolute Gasteiger partial charge is 0.258 e. The standard InChI is InChI=1S/C17H19N5O2S/c18-17(7-3-8-17)16-21-14(24-22-16)6-9-25-10-13-19-12-5-2-1-4-11(12)15(23)20-13/h1-2,4-5H,3,6-10,18H2,(H,19,20,23). The van der Waals surface area contributed by atoms with Gasteiger partial charge in [-0.2, -0.15) is 16.7 Å². The van der Waals surface area contributed by atoms with E-state index in [4.69, 9.17) is 10.3 Å². The summed E-state index contributed by atoms with van der Waals surface area (Å²) >= 11 is 1.66. The molecule has 7 nitrogen and oxygen atoms in total. The topological polar surface area (TPSA) is 111 Å². The quantitative estimate of drug-likeness (QED) is 0.650. The van der Waals surface area contributed by atoms with Crippen molar-refractivity contribution in [1.82, 2.24) is 20.1 Å². The highest BCUT2D eigenvalue weighted by Crippen LogP contribution is 2.36. The van der Waals surface area contributed by atoms with Crippen LogP contribution in [0.2, 0.25) is 0 Å². The van der Waals surface area contributed by atoms with E-state index < -0.39 is 0 Å². The highest BCUT2D eigenvalue weighted by molar-refractivity contribution is 7.98. The van der Waals surface area contributed by atoms with Gasteiger partial charge in [0.25, 0.3) is 5.56 Å². The molecule has 3 aromatic rings. The highest BCUT2D eigenvalue weighted by atomic mass is 32.2. The first-order valence-corrected chi connectivity index (χ1v) is 9.47. The molecule has 1 aliphatic rings. The molecule has 0 unspecified atom stereocenters. The molecule has 0 atom stereocenters. The van der Waals surface area contributed by atoms with Crippen LogP contribution in [-0.4, -0.2) is 25.9 Å². The van der Waals surface area contributed by atoms with Gasteiger partial charge >= 0.3 is 0 Å². The first-order chi connectivity index (χ1) is 12.1. The minimum Gasteiger partial charge on any atom is -0.339 e. The molecule has 0 bridgehead atoms. The molecule has 8 heteroatoms. The van der Waals surface area contributed by atoms with Crippen LogP contribution in [0.25, 0.3) is 10.9 Å². The number of aromatic amines is 1. The van der Waals surface area contributed by atoms with E-state index in [0.29, 0.717) is 35.1 Å². The zero-order valence-electron chi connectivity index (χ0n) is 13.7. The fourth-order valence-electron chi connectivity index (χ4n) is 2.87. The molecule has 130 valence electrons. The Balaban J connectivity index is 1.33. The number of hydrogen-bond donors (Lipinski definition) is 2. The molecule has 2 aromatic heterocycles. The van der Waals surface area contributed by atoms with E-state index >= 15 is 0 Å². The SMILES string of the molecule is NC1(c2noc(CCSCc3nc4ccccc4c(=O)[nH]3)n2)CCC1. The van der Waals surface area contributed by atoms with Gasteiger partial charge in [0.2, 0.25) is 5.89 Å². The summed E-state index contributed by atoms with van der Waals surface area (Å²) in [6, 6.07) is 7.34. The van der Waals surface area contributed by atoms with Crippen molar-refractivity contribution in [2.24, 2.45) is 5.73 Å². The maximum Gasteiger partial charge on any atom is 0.258 e. The molecular weight excluding hydrogens is 338 g/mol. The lowest BCUT2D eigenvalue weighted by molar-refractivity contribution is 0.229. The van der Waals surface area contributed by atoms with E-state index in [1.807, 2.05) is 18.2 Å². The summed E-state index contributed by atoms with van der Waals surface area (Å²) in [6.07, 6.45) is 3.63. The summed E-state index contributed by atoms with van der Waals surface area (Å²) in [5.41, 5.74) is 6.43. The summed E-state index contributed by atoms with van der Waals surface area (Å²) in [7, 11) is 0. The van der Waals surface area contributed by atoms with Crippen molar-refractivity contribution in [3.8, 4) is 0 Å². The Morgan fingerprint density at radius 1 is 1.28 bits per heavy atom. The molecule has 1 fully saturated rings. The number of nitrogens with one attached hydrogen (secondary N) is 1. The zero-order chi connectivity index (χ0) is 17.3. The minimum atomic E-state index is -0.386. The van der Waals surface area contributed by atoms with Crippen molar-refractivity contribution < 1.29 is 4.52 Å². The maximum absolute atomic E-state index is 12.0. The average molecular weight is 357 g/mol. The second kappa shape index (κ2) is 6.61. The van der Waals surface area contributed by atoms with Crippen molar-refractivity contribution in [2.75, 3.05) is 5.75 Å². The van der Waals surface area contributed by atoms with Gasteiger partial charge in [-0.1, -0.05) is 17.3 Å². The molecule has 0 amide bonds. The molecule has 3 N–H and O–H groups in total. The van der Waals surface area contributed by atoms with Gasteiger partial charge in [-0.3, -0.25) is 4.79 Å². The van der Waals surface area contributed by atoms with Crippen molar-refractivity contribution >= 4 is 22.7 Å². The van der Waals surface area contributed by atoms with Crippen LogP contribution >= 0.6 is 11.8 Å². The van der Waals surface area contributed by atoms with Crippen LogP contribution in [0.15, 0.2) is 33.6 Å². The molecular formula is C17H19N5O2S. The lowest BCUT2D eigenvalue weighted by Gasteiger charge is -2.34. The molecule has 1 aromatic carbocycles. The van der Waals surface area contributed by atoms with Crippen LogP contribution in [0.3, 0.4) is 0 Å². The van der Waals surface area contributed by atoms with Crippen LogP contribution in [0.1, 0.15) is 36.8 Å². The predicted octanol–water partition coefficient (Wildman–Crippen LogP) is 2.12. The largest absolute Gasteiger partial charge is 0.339 e. The fraction of sp³-hybridized carbons (Fsp3) is 0.412. The Morgan fingerprint density at radius 2 is 2.12 bits per heavy atom. The van der Waals surface area contributed by atoms with E-state index in [2.05, 4.69) is 20.1 Å². The van der Waals surface area contributed by atoms with Gasteiger partial charge in [-0.15, -0.1) is 0 Å². The highest BCUT2D eigenvalue weighted by Gasteiger charge is 2.38. The number of hydrogen-bond acceptors (Lipinski definition) is 7. The molecule has 2 heterocycles. The third-order valence-electron chi connectivity index (χ3n) is 4.52. The van der Waals surface area contributed by atoms with E-state index in [9.17, 15) is 4.79 Å². The molecule has 1 aliphatic carbocycles. The Kier molecular flexibility index (Phi) is 4.30. The molecule has 0 aliphatic heterocycles. The van der Waals surface area contributed by atoms with Crippen molar-refractivity contribution in [2.45, 2.75) is 37.0 Å². The van der Waals surface area contributed by atoms with Gasteiger partial charge in [0, 0.05) is 12.2 Å². The van der Waals surface area contributed by atoms with Gasteiger partial charge in [-0.25, -0.2) is 4.98 Å². The Hall–Kier alpha value is -2.19. The molecule has 0 radical (unpaired) electrons. The first kappa shape index (κ1) is 16.3. The van der Waals surface area contributed by atoms with Gasteiger partial charge in [0.15, 0.2) is 5.82 Å². The summed E-state index contributed by atoms with van der Waals surface area (Å²) in [4.78, 5) is 23.8. The zero-order valence-corrected chi connectivity index (χ0v) is 14.5. The molecule has 1 saturated carbocycles. The van der Waals surface area contributed by atoms with Crippen molar-refractivity contribution in [1.29, 1.82) is 0 Å². The third kappa shape index (κ3) is 3.32. The van der Waals surface area contributed by atoms with Crippen LogP contribution < -0.4 is 11.3 Å². The number of fused-ring (bicyclic) bond motifs is 1. The van der Waals surface area contributed by atoms with Gasteiger partial charge in [0.05, 0.1) is 22.2 Å². The number of rotatable bonds is 6. The number of aryl methyl sites for hydroxylation is 1. The molecule has 4 rings (SSSR count). The summed E-state index contributed by atoms with van der Waals surface area (Å²) in [5, 5.41) is 4.62. The predicted molar refractivity (Wildman–Crippen MR) is 96.2 cm³/mol. The monoisotopic (exact) mass is 357 g/mol.